The summed E-state index contributed by atoms with van der Waals surface area (Å²) < 4.78 is 16.8. The van der Waals surface area contributed by atoms with E-state index in [4.69, 9.17) is 14.2 Å². The summed E-state index contributed by atoms with van der Waals surface area (Å²) in [7, 11) is 0. The number of ether oxygens (including phenoxy) is 3. The van der Waals surface area contributed by atoms with Crippen LogP contribution in [0.15, 0.2) is 72.8 Å². The van der Waals surface area contributed by atoms with Gasteiger partial charge in [-0.1, -0.05) is 48.5 Å². The Hall–Kier alpha value is -3.47. The Bertz CT molecular complexity index is 1080. The number of fused-ring (bicyclic) bond motifs is 1. The van der Waals surface area contributed by atoms with Gasteiger partial charge in [0.15, 0.2) is 11.5 Å². The van der Waals surface area contributed by atoms with Crippen molar-refractivity contribution in [3.8, 4) is 17.2 Å². The monoisotopic (exact) mass is 459 g/mol. The van der Waals surface area contributed by atoms with Crippen molar-refractivity contribution in [2.24, 2.45) is 0 Å². The first-order valence-electron chi connectivity index (χ1n) is 11.9. The van der Waals surface area contributed by atoms with Crippen LogP contribution in [0.1, 0.15) is 49.8 Å². The molecular formula is C29H33NO4. The third-order valence-corrected chi connectivity index (χ3v) is 6.05. The van der Waals surface area contributed by atoms with E-state index < -0.39 is 0 Å². The Morgan fingerprint density at radius 3 is 2.38 bits per heavy atom. The molecule has 178 valence electrons. The number of carbonyl (C=O) groups excluding carboxylic acids is 1. The lowest BCUT2D eigenvalue weighted by Crippen LogP contribution is -2.30. The van der Waals surface area contributed by atoms with Crippen LogP contribution in [0.2, 0.25) is 0 Å². The zero-order chi connectivity index (χ0) is 23.9. The number of amides is 1. The molecule has 0 saturated heterocycles. The Morgan fingerprint density at radius 1 is 0.941 bits per heavy atom. The summed E-state index contributed by atoms with van der Waals surface area (Å²) in [6.45, 7) is 7.18. The third-order valence-electron chi connectivity index (χ3n) is 6.05. The minimum absolute atomic E-state index is 0.0756. The van der Waals surface area contributed by atoms with Gasteiger partial charge in [-0.2, -0.15) is 0 Å². The van der Waals surface area contributed by atoms with Crippen LogP contribution < -0.4 is 14.2 Å². The molecule has 34 heavy (non-hydrogen) atoms. The van der Waals surface area contributed by atoms with Gasteiger partial charge in [-0.3, -0.25) is 4.79 Å². The van der Waals surface area contributed by atoms with Crippen molar-refractivity contribution in [2.45, 2.75) is 52.2 Å². The number of hydrogen-bond acceptors (Lipinski definition) is 4. The molecule has 0 aromatic heterocycles. The molecule has 3 aromatic carbocycles. The molecular weight excluding hydrogens is 426 g/mol. The average Bonchev–Trinajstić information content (AvgIpc) is 3.30. The van der Waals surface area contributed by atoms with Crippen LogP contribution in [0.4, 0.5) is 0 Å². The fourth-order valence-electron chi connectivity index (χ4n) is 4.28. The summed E-state index contributed by atoms with van der Waals surface area (Å²) in [5.74, 6) is 2.76. The highest BCUT2D eigenvalue weighted by Crippen LogP contribution is 2.36. The molecule has 0 fully saturated rings. The van der Waals surface area contributed by atoms with Gasteiger partial charge in [0.2, 0.25) is 12.7 Å². The lowest BCUT2D eigenvalue weighted by atomic mass is 9.88. The molecule has 0 aliphatic carbocycles. The molecule has 5 nitrogen and oxygen atoms in total. The Kier molecular flexibility index (Phi) is 7.73. The third kappa shape index (κ3) is 6.31. The predicted molar refractivity (Wildman–Crippen MR) is 133 cm³/mol. The maximum absolute atomic E-state index is 12.5. The van der Waals surface area contributed by atoms with Gasteiger partial charge < -0.3 is 19.1 Å². The fourth-order valence-corrected chi connectivity index (χ4v) is 4.28. The van der Waals surface area contributed by atoms with E-state index in [-0.39, 0.29) is 24.7 Å². The summed E-state index contributed by atoms with van der Waals surface area (Å²) in [6, 6.07) is 24.7. The molecule has 0 unspecified atom stereocenters. The summed E-state index contributed by atoms with van der Waals surface area (Å²) >= 11 is 0. The first-order valence-corrected chi connectivity index (χ1v) is 11.9. The molecule has 1 heterocycles. The molecule has 0 radical (unpaired) electrons. The van der Waals surface area contributed by atoms with Gasteiger partial charge in [0, 0.05) is 20.0 Å². The Balaban J connectivity index is 1.47. The SMILES string of the molecule is CC(=O)N(CC[C@H](Cc1ccccc1)c1ccc2c(c1)OCO2)Cc1ccc(OC(C)C)cc1. The number of hydrogen-bond donors (Lipinski definition) is 0. The van der Waals surface area contributed by atoms with Crippen LogP contribution in [-0.4, -0.2) is 30.2 Å². The highest BCUT2D eigenvalue weighted by Gasteiger charge is 2.20. The molecule has 0 saturated carbocycles. The lowest BCUT2D eigenvalue weighted by molar-refractivity contribution is -0.129. The number of rotatable bonds is 10. The summed E-state index contributed by atoms with van der Waals surface area (Å²) in [6.07, 6.45) is 1.88. The molecule has 1 amide bonds. The topological polar surface area (TPSA) is 48.0 Å². The van der Waals surface area contributed by atoms with Crippen molar-refractivity contribution in [1.82, 2.24) is 4.90 Å². The standard InChI is InChI=1S/C29H33NO4/c1-21(2)34-27-12-9-24(10-13-27)19-30(22(3)31)16-15-26(17-23-7-5-4-6-8-23)25-11-14-28-29(18-25)33-20-32-28/h4-14,18,21,26H,15-17,19-20H2,1-3H3/t26-/m1/s1. The number of benzene rings is 3. The van der Waals surface area contributed by atoms with E-state index in [0.717, 1.165) is 35.7 Å². The van der Waals surface area contributed by atoms with Gasteiger partial charge in [0.1, 0.15) is 5.75 Å². The van der Waals surface area contributed by atoms with E-state index in [1.807, 2.05) is 55.1 Å². The Morgan fingerprint density at radius 2 is 1.68 bits per heavy atom. The van der Waals surface area contributed by atoms with Crippen LogP contribution in [0, 0.1) is 0 Å². The van der Waals surface area contributed by atoms with E-state index in [9.17, 15) is 4.79 Å². The maximum atomic E-state index is 12.5. The number of nitrogens with zero attached hydrogens (tertiary/aromatic N) is 1. The van der Waals surface area contributed by atoms with Gasteiger partial charge in [-0.15, -0.1) is 0 Å². The molecule has 1 aliphatic heterocycles. The zero-order valence-electron chi connectivity index (χ0n) is 20.2. The zero-order valence-corrected chi connectivity index (χ0v) is 20.2. The minimum Gasteiger partial charge on any atom is -0.491 e. The lowest BCUT2D eigenvalue weighted by Gasteiger charge is -2.25. The van der Waals surface area contributed by atoms with Gasteiger partial charge in [-0.25, -0.2) is 0 Å². The highest BCUT2D eigenvalue weighted by atomic mass is 16.7. The largest absolute Gasteiger partial charge is 0.491 e. The Labute approximate surface area is 202 Å². The van der Waals surface area contributed by atoms with Crippen LogP contribution in [0.3, 0.4) is 0 Å². The van der Waals surface area contributed by atoms with Gasteiger partial charge >= 0.3 is 0 Å². The van der Waals surface area contributed by atoms with Gasteiger partial charge in [0.25, 0.3) is 0 Å². The van der Waals surface area contributed by atoms with Crippen LogP contribution >= 0.6 is 0 Å². The predicted octanol–water partition coefficient (Wildman–Crippen LogP) is 5.97. The molecule has 1 aliphatic rings. The van der Waals surface area contributed by atoms with E-state index in [2.05, 4.69) is 36.4 Å². The van der Waals surface area contributed by atoms with Crippen molar-refractivity contribution < 1.29 is 19.0 Å². The van der Waals surface area contributed by atoms with Crippen molar-refractivity contribution >= 4 is 5.91 Å². The maximum Gasteiger partial charge on any atom is 0.231 e. The first-order chi connectivity index (χ1) is 16.5. The van der Waals surface area contributed by atoms with Crippen molar-refractivity contribution in [3.63, 3.8) is 0 Å². The molecule has 1 atom stereocenters. The first kappa shape index (κ1) is 23.7. The molecule has 0 spiro atoms. The van der Waals surface area contributed by atoms with Crippen LogP contribution in [0.25, 0.3) is 0 Å². The van der Waals surface area contributed by atoms with Crippen molar-refractivity contribution in [2.75, 3.05) is 13.3 Å². The normalized spacial score (nSPS) is 13.1. The molecule has 0 bridgehead atoms. The summed E-state index contributed by atoms with van der Waals surface area (Å²) in [5.41, 5.74) is 3.57. The highest BCUT2D eigenvalue weighted by molar-refractivity contribution is 5.73. The second-order valence-corrected chi connectivity index (χ2v) is 9.04. The van der Waals surface area contributed by atoms with Crippen molar-refractivity contribution in [1.29, 1.82) is 0 Å². The average molecular weight is 460 g/mol. The summed E-state index contributed by atoms with van der Waals surface area (Å²) in [5, 5.41) is 0. The van der Waals surface area contributed by atoms with Gasteiger partial charge in [-0.05, 0) is 73.6 Å². The quantitative estimate of drug-likeness (QED) is 0.375. The molecule has 5 heteroatoms. The van der Waals surface area contributed by atoms with E-state index in [1.54, 1.807) is 6.92 Å². The molecule has 0 N–H and O–H groups in total. The van der Waals surface area contributed by atoms with Gasteiger partial charge in [0.05, 0.1) is 6.10 Å². The fraction of sp³-hybridized carbons (Fsp3) is 0.345. The van der Waals surface area contributed by atoms with Crippen molar-refractivity contribution in [3.05, 3.63) is 89.5 Å². The second kappa shape index (κ2) is 11.1. The van der Waals surface area contributed by atoms with E-state index in [1.165, 1.54) is 11.1 Å². The molecule has 3 aromatic rings. The summed E-state index contributed by atoms with van der Waals surface area (Å²) in [4.78, 5) is 14.4. The second-order valence-electron chi connectivity index (χ2n) is 9.04. The smallest absolute Gasteiger partial charge is 0.231 e. The minimum atomic E-state index is 0.0756. The van der Waals surface area contributed by atoms with E-state index in [0.29, 0.717) is 13.1 Å². The van der Waals surface area contributed by atoms with Crippen LogP contribution in [0.5, 0.6) is 17.2 Å². The molecule has 4 rings (SSSR count). The number of carbonyl (C=O) groups is 1. The van der Waals surface area contributed by atoms with Crippen LogP contribution in [-0.2, 0) is 17.8 Å². The van der Waals surface area contributed by atoms with E-state index >= 15 is 0 Å².